The zero-order chi connectivity index (χ0) is 14.3. The van der Waals surface area contributed by atoms with E-state index in [9.17, 15) is 4.79 Å². The molecule has 0 fully saturated rings. The highest BCUT2D eigenvalue weighted by atomic mass is 16.5. The van der Waals surface area contributed by atoms with E-state index in [2.05, 4.69) is 0 Å². The highest BCUT2D eigenvalue weighted by molar-refractivity contribution is 5.69. The van der Waals surface area contributed by atoms with Gasteiger partial charge in [0.1, 0.15) is 5.75 Å². The molecule has 1 N–H and O–H groups in total. The van der Waals surface area contributed by atoms with Gasteiger partial charge in [-0.2, -0.15) is 0 Å². The maximum Gasteiger partial charge on any atom is 0.317 e. The molecule has 1 aromatic carbocycles. The van der Waals surface area contributed by atoms with Crippen molar-refractivity contribution >= 4 is 5.97 Å². The first-order valence-corrected chi connectivity index (χ1v) is 6.71. The van der Waals surface area contributed by atoms with Crippen molar-refractivity contribution in [2.45, 2.75) is 39.8 Å². The van der Waals surface area contributed by atoms with E-state index in [1.54, 1.807) is 0 Å². The van der Waals surface area contributed by atoms with Gasteiger partial charge in [0.25, 0.3) is 0 Å². The maximum atomic E-state index is 10.8. The Kier molecular flexibility index (Phi) is 6.36. The fourth-order valence-corrected chi connectivity index (χ4v) is 1.97. The molecule has 0 aromatic heterocycles. The summed E-state index contributed by atoms with van der Waals surface area (Å²) in [6, 6.07) is 7.84. The molecule has 106 valence electrons. The fourth-order valence-electron chi connectivity index (χ4n) is 1.97. The molecule has 0 bridgehead atoms. The number of benzene rings is 1. The van der Waals surface area contributed by atoms with Crippen LogP contribution in [0.15, 0.2) is 24.3 Å². The number of carboxylic acids is 1. The number of carboxylic acid groups (broad SMARTS) is 1. The van der Waals surface area contributed by atoms with Gasteiger partial charge in [0.2, 0.25) is 0 Å². The van der Waals surface area contributed by atoms with Gasteiger partial charge in [-0.05, 0) is 44.5 Å². The molecule has 0 heterocycles. The lowest BCUT2D eigenvalue weighted by molar-refractivity contribution is -0.138. The molecule has 1 aromatic rings. The highest BCUT2D eigenvalue weighted by Gasteiger charge is 2.10. The fraction of sp³-hybridized carbons (Fsp3) is 0.533. The van der Waals surface area contributed by atoms with E-state index in [1.165, 1.54) is 0 Å². The summed E-state index contributed by atoms with van der Waals surface area (Å²) in [5, 5.41) is 8.90. The van der Waals surface area contributed by atoms with E-state index < -0.39 is 5.97 Å². The van der Waals surface area contributed by atoms with E-state index in [0.717, 1.165) is 24.3 Å². The minimum absolute atomic E-state index is 0.0725. The van der Waals surface area contributed by atoms with Crippen LogP contribution in [0.3, 0.4) is 0 Å². The second-order valence-corrected chi connectivity index (χ2v) is 4.92. The van der Waals surface area contributed by atoms with Gasteiger partial charge >= 0.3 is 5.97 Å². The van der Waals surface area contributed by atoms with Crippen LogP contribution in [0.1, 0.15) is 32.8 Å². The van der Waals surface area contributed by atoms with E-state index in [0.29, 0.717) is 6.54 Å². The third kappa shape index (κ3) is 6.25. The lowest BCUT2D eigenvalue weighted by Crippen LogP contribution is -2.30. The third-order valence-corrected chi connectivity index (χ3v) is 2.58. The minimum Gasteiger partial charge on any atom is -0.491 e. The minimum atomic E-state index is -0.789. The van der Waals surface area contributed by atoms with Gasteiger partial charge in [-0.25, -0.2) is 0 Å². The predicted molar refractivity (Wildman–Crippen MR) is 75.4 cm³/mol. The first-order chi connectivity index (χ1) is 9.01. The number of carbonyl (C=O) groups is 1. The molecule has 0 aliphatic rings. The Hall–Kier alpha value is -1.55. The molecule has 0 amide bonds. The molecule has 0 saturated heterocycles. The van der Waals surface area contributed by atoms with E-state index in [4.69, 9.17) is 9.84 Å². The molecule has 0 unspecified atom stereocenters. The molecule has 4 nitrogen and oxygen atoms in total. The summed E-state index contributed by atoms with van der Waals surface area (Å²) in [6.45, 7) is 7.51. The van der Waals surface area contributed by atoms with Crippen LogP contribution in [0, 0.1) is 0 Å². The van der Waals surface area contributed by atoms with Crippen molar-refractivity contribution in [3.05, 3.63) is 29.8 Å². The molecule has 0 aliphatic heterocycles. The molecule has 1 rings (SSSR count). The molecule has 0 saturated carbocycles. The van der Waals surface area contributed by atoms with Gasteiger partial charge in [0, 0.05) is 6.54 Å². The topological polar surface area (TPSA) is 49.8 Å². The third-order valence-electron chi connectivity index (χ3n) is 2.58. The Bertz CT molecular complexity index is 404. The van der Waals surface area contributed by atoms with Crippen molar-refractivity contribution in [3.63, 3.8) is 0 Å². The van der Waals surface area contributed by atoms with Gasteiger partial charge in [-0.3, -0.25) is 9.69 Å². The zero-order valence-electron chi connectivity index (χ0n) is 11.9. The van der Waals surface area contributed by atoms with Gasteiger partial charge in [-0.15, -0.1) is 0 Å². The van der Waals surface area contributed by atoms with Gasteiger partial charge in [0.15, 0.2) is 0 Å². The van der Waals surface area contributed by atoms with E-state index >= 15 is 0 Å². The summed E-state index contributed by atoms with van der Waals surface area (Å²) in [6.07, 6.45) is 1.08. The Balaban J connectivity index is 2.69. The lowest BCUT2D eigenvalue weighted by Gasteiger charge is -2.20. The molecule has 4 heteroatoms. The van der Waals surface area contributed by atoms with Crippen LogP contribution in [0.2, 0.25) is 0 Å². The molecule has 0 spiro atoms. The smallest absolute Gasteiger partial charge is 0.317 e. The molecule has 0 aliphatic carbocycles. The van der Waals surface area contributed by atoms with Gasteiger partial charge in [-0.1, -0.05) is 19.1 Å². The van der Waals surface area contributed by atoms with Crippen LogP contribution >= 0.6 is 0 Å². The maximum absolute atomic E-state index is 10.8. The van der Waals surface area contributed by atoms with Crippen molar-refractivity contribution in [1.82, 2.24) is 4.90 Å². The van der Waals surface area contributed by atoms with E-state index in [-0.39, 0.29) is 12.6 Å². The van der Waals surface area contributed by atoms with E-state index in [1.807, 2.05) is 49.9 Å². The SMILES string of the molecule is CCCN(CC(=O)O)Cc1cccc(OC(C)C)c1. The summed E-state index contributed by atoms with van der Waals surface area (Å²) < 4.78 is 5.64. The summed E-state index contributed by atoms with van der Waals surface area (Å²) in [7, 11) is 0. The Morgan fingerprint density at radius 2 is 2.16 bits per heavy atom. The quantitative estimate of drug-likeness (QED) is 0.785. The number of rotatable bonds is 8. The second-order valence-electron chi connectivity index (χ2n) is 4.92. The highest BCUT2D eigenvalue weighted by Crippen LogP contribution is 2.16. The largest absolute Gasteiger partial charge is 0.491 e. The zero-order valence-corrected chi connectivity index (χ0v) is 11.9. The molecule has 0 radical (unpaired) electrons. The van der Waals surface area contributed by atoms with Crippen molar-refractivity contribution in [3.8, 4) is 5.75 Å². The van der Waals surface area contributed by atoms with Crippen molar-refractivity contribution in [2.24, 2.45) is 0 Å². The number of aliphatic carboxylic acids is 1. The first kappa shape index (κ1) is 15.5. The van der Waals surface area contributed by atoms with Crippen molar-refractivity contribution in [2.75, 3.05) is 13.1 Å². The Morgan fingerprint density at radius 3 is 2.74 bits per heavy atom. The van der Waals surface area contributed by atoms with Gasteiger partial charge in [0.05, 0.1) is 12.6 Å². The summed E-state index contributed by atoms with van der Waals surface area (Å²) in [4.78, 5) is 12.7. The molecular formula is C15H23NO3. The van der Waals surface area contributed by atoms with Crippen LogP contribution < -0.4 is 4.74 Å². The normalized spacial score (nSPS) is 11.0. The predicted octanol–water partition coefficient (Wildman–Crippen LogP) is 2.77. The average molecular weight is 265 g/mol. The van der Waals surface area contributed by atoms with Crippen LogP contribution in [0.5, 0.6) is 5.75 Å². The second kappa shape index (κ2) is 7.79. The molecule has 19 heavy (non-hydrogen) atoms. The molecule has 0 atom stereocenters. The number of hydrogen-bond donors (Lipinski definition) is 1. The van der Waals surface area contributed by atoms with Crippen LogP contribution in [0.4, 0.5) is 0 Å². The lowest BCUT2D eigenvalue weighted by atomic mass is 10.2. The summed E-state index contributed by atoms with van der Waals surface area (Å²) in [5.74, 6) is 0.0438. The van der Waals surface area contributed by atoms with Crippen LogP contribution in [0.25, 0.3) is 0 Å². The standard InChI is InChI=1S/C15H23NO3/c1-4-8-16(11-15(17)18)10-13-6-5-7-14(9-13)19-12(2)3/h5-7,9,12H,4,8,10-11H2,1-3H3,(H,17,18). The van der Waals surface area contributed by atoms with Crippen molar-refractivity contribution < 1.29 is 14.6 Å². The van der Waals surface area contributed by atoms with Crippen molar-refractivity contribution in [1.29, 1.82) is 0 Å². The van der Waals surface area contributed by atoms with Gasteiger partial charge < -0.3 is 9.84 Å². The summed E-state index contributed by atoms with van der Waals surface area (Å²) in [5.41, 5.74) is 1.08. The number of ether oxygens (including phenoxy) is 1. The van der Waals surface area contributed by atoms with Crippen LogP contribution in [-0.2, 0) is 11.3 Å². The molecular weight excluding hydrogens is 242 g/mol. The average Bonchev–Trinajstić information content (AvgIpc) is 2.27. The summed E-state index contributed by atoms with van der Waals surface area (Å²) >= 11 is 0. The number of hydrogen-bond acceptors (Lipinski definition) is 3. The first-order valence-electron chi connectivity index (χ1n) is 6.71. The Morgan fingerprint density at radius 1 is 1.42 bits per heavy atom. The van der Waals surface area contributed by atoms with Crippen LogP contribution in [-0.4, -0.2) is 35.2 Å². The Labute approximate surface area is 115 Å². The number of nitrogens with zero attached hydrogens (tertiary/aromatic N) is 1. The monoisotopic (exact) mass is 265 g/mol.